The minimum Gasteiger partial charge on any atom is -0.322 e. The number of aromatic nitrogens is 1. The van der Waals surface area contributed by atoms with Crippen LogP contribution >= 0.6 is 11.3 Å². The van der Waals surface area contributed by atoms with Crippen LogP contribution in [0.15, 0.2) is 66.0 Å². The number of rotatable bonds is 3. The summed E-state index contributed by atoms with van der Waals surface area (Å²) in [6, 6.07) is 15.5. The van der Waals surface area contributed by atoms with Crippen LogP contribution in [-0.4, -0.2) is 10.5 Å². The Bertz CT molecular complexity index is 815. The maximum Gasteiger partial charge on any atom is 0.261 e. The summed E-state index contributed by atoms with van der Waals surface area (Å²) in [5.41, 5.74) is 10.2. The number of benzene rings is 1. The van der Waals surface area contributed by atoms with Gasteiger partial charge in [0.2, 0.25) is 0 Å². The van der Waals surface area contributed by atoms with Crippen molar-refractivity contribution in [3.63, 3.8) is 0 Å². The van der Waals surface area contributed by atoms with Gasteiger partial charge in [-0.05, 0) is 34.4 Å². The Morgan fingerprint density at radius 1 is 1.14 bits per heavy atom. The van der Waals surface area contributed by atoms with Gasteiger partial charge in [0.1, 0.15) is 4.88 Å². The van der Waals surface area contributed by atoms with Crippen molar-refractivity contribution in [1.82, 2.24) is 4.57 Å². The molecule has 3 rings (SSSR count). The zero-order valence-electron chi connectivity index (χ0n) is 10.9. The zero-order chi connectivity index (χ0) is 14.7. The molecule has 0 fully saturated rings. The lowest BCUT2D eigenvalue weighted by Gasteiger charge is -2.00. The fourth-order valence-corrected chi connectivity index (χ4v) is 3.09. The van der Waals surface area contributed by atoms with Gasteiger partial charge < -0.3 is 4.57 Å². The molecule has 21 heavy (non-hydrogen) atoms. The van der Waals surface area contributed by atoms with Crippen LogP contribution in [0.2, 0.25) is 0 Å². The largest absolute Gasteiger partial charge is 0.322 e. The van der Waals surface area contributed by atoms with Crippen molar-refractivity contribution in [2.75, 3.05) is 0 Å². The molecule has 2 heterocycles. The van der Waals surface area contributed by atoms with E-state index in [1.165, 1.54) is 11.3 Å². The molecule has 0 unspecified atom stereocenters. The lowest BCUT2D eigenvalue weighted by atomic mass is 10.2. The average Bonchev–Trinajstić information content (AvgIpc) is 3.17. The molecule has 0 aliphatic rings. The number of carbonyl (C=O) groups excluding carboxylic acids is 1. The number of amides is 1. The molecule has 1 amide bonds. The summed E-state index contributed by atoms with van der Waals surface area (Å²) in [4.78, 5) is 16.0. The maximum atomic E-state index is 12.0. The Morgan fingerprint density at radius 3 is 2.52 bits per heavy atom. The lowest BCUT2D eigenvalue weighted by molar-refractivity contribution is 0.100. The maximum absolute atomic E-state index is 12.0. The zero-order valence-corrected chi connectivity index (χ0v) is 11.7. The molecular weight excluding hydrogens is 284 g/mol. The number of hydrogen-bond donors (Lipinski definition) is 0. The van der Waals surface area contributed by atoms with Crippen LogP contribution in [0.3, 0.4) is 0 Å². The molecule has 102 valence electrons. The molecular formula is C15H10N4OS. The minimum absolute atomic E-state index is 0.433. The highest BCUT2D eigenvalue weighted by molar-refractivity contribution is 7.17. The summed E-state index contributed by atoms with van der Waals surface area (Å²) in [5.74, 6) is -0.562. The summed E-state index contributed by atoms with van der Waals surface area (Å²) in [5, 5.41) is 3.21. The Hall–Kier alpha value is -2.82. The van der Waals surface area contributed by atoms with E-state index in [-0.39, 0.29) is 0 Å². The number of azide groups is 1. The van der Waals surface area contributed by atoms with Crippen molar-refractivity contribution in [2.24, 2.45) is 5.11 Å². The van der Waals surface area contributed by atoms with Gasteiger partial charge in [-0.1, -0.05) is 30.3 Å². The van der Waals surface area contributed by atoms with Gasteiger partial charge >= 0.3 is 0 Å². The fourth-order valence-electron chi connectivity index (χ4n) is 2.05. The minimum atomic E-state index is -0.562. The summed E-state index contributed by atoms with van der Waals surface area (Å²) in [6.07, 6.45) is 3.70. The fraction of sp³-hybridized carbons (Fsp3) is 0. The molecule has 3 aromatic rings. The van der Waals surface area contributed by atoms with Crippen molar-refractivity contribution in [1.29, 1.82) is 0 Å². The Balaban J connectivity index is 2.16. The Kier molecular flexibility index (Phi) is 3.55. The van der Waals surface area contributed by atoms with Gasteiger partial charge in [0.25, 0.3) is 5.91 Å². The van der Waals surface area contributed by atoms with Crippen LogP contribution in [0, 0.1) is 0 Å². The van der Waals surface area contributed by atoms with Crippen LogP contribution in [0.5, 0.6) is 0 Å². The quantitative estimate of drug-likeness (QED) is 0.393. The molecule has 5 nitrogen and oxygen atoms in total. The van der Waals surface area contributed by atoms with Crippen LogP contribution in [0.25, 0.3) is 26.6 Å². The van der Waals surface area contributed by atoms with Crippen LogP contribution in [0.1, 0.15) is 9.67 Å². The standard InChI is InChI=1S/C15H10N4OS/c16-18-17-15(20)14-12(19-8-4-5-9-19)10-13(21-14)11-6-2-1-3-7-11/h1-10H. The molecule has 0 spiro atoms. The second kappa shape index (κ2) is 5.66. The predicted molar refractivity (Wildman–Crippen MR) is 82.6 cm³/mol. The summed E-state index contributed by atoms with van der Waals surface area (Å²) >= 11 is 1.32. The molecule has 0 radical (unpaired) electrons. The van der Waals surface area contributed by atoms with Crippen LogP contribution < -0.4 is 0 Å². The van der Waals surface area contributed by atoms with Crippen molar-refractivity contribution < 1.29 is 4.79 Å². The molecule has 0 aliphatic heterocycles. The summed E-state index contributed by atoms with van der Waals surface area (Å²) in [6.45, 7) is 0. The smallest absolute Gasteiger partial charge is 0.261 e. The first-order valence-corrected chi connectivity index (χ1v) is 7.03. The third-order valence-corrected chi connectivity index (χ3v) is 4.14. The third kappa shape index (κ3) is 2.58. The van der Waals surface area contributed by atoms with Crippen molar-refractivity contribution in [3.8, 4) is 16.1 Å². The molecule has 0 aliphatic carbocycles. The highest BCUT2D eigenvalue weighted by Gasteiger charge is 2.17. The molecule has 0 N–H and O–H groups in total. The SMILES string of the molecule is [N-]=[N+]=NC(=O)c1sc(-c2ccccc2)cc1-n1cccc1. The van der Waals surface area contributed by atoms with E-state index in [0.717, 1.165) is 16.1 Å². The Labute approximate surface area is 124 Å². The number of nitrogens with zero attached hydrogens (tertiary/aromatic N) is 4. The second-order valence-corrected chi connectivity index (χ2v) is 5.33. The van der Waals surface area contributed by atoms with E-state index in [9.17, 15) is 4.79 Å². The van der Waals surface area contributed by atoms with Gasteiger partial charge in [0.05, 0.1) is 5.69 Å². The van der Waals surface area contributed by atoms with Crippen molar-refractivity contribution in [3.05, 3.63) is 76.2 Å². The molecule has 2 aromatic heterocycles. The van der Waals surface area contributed by atoms with Crippen molar-refractivity contribution in [2.45, 2.75) is 0 Å². The van der Waals surface area contributed by atoms with Crippen molar-refractivity contribution >= 4 is 17.2 Å². The van der Waals surface area contributed by atoms with E-state index in [1.807, 2.05) is 65.5 Å². The molecule has 0 atom stereocenters. The van der Waals surface area contributed by atoms with E-state index in [2.05, 4.69) is 10.0 Å². The lowest BCUT2D eigenvalue weighted by Crippen LogP contribution is -1.97. The van der Waals surface area contributed by atoms with Gasteiger partial charge in [-0.15, -0.1) is 11.3 Å². The highest BCUT2D eigenvalue weighted by atomic mass is 32.1. The van der Waals surface area contributed by atoms with Gasteiger partial charge in [-0.25, -0.2) is 0 Å². The highest BCUT2D eigenvalue weighted by Crippen LogP contribution is 2.34. The first kappa shape index (κ1) is 13.2. The van der Waals surface area contributed by atoms with Gasteiger partial charge in [0, 0.05) is 22.2 Å². The summed E-state index contributed by atoms with van der Waals surface area (Å²) in [7, 11) is 0. The van der Waals surface area contributed by atoms with Gasteiger partial charge in [-0.3, -0.25) is 4.79 Å². The number of thiophene rings is 1. The first-order chi connectivity index (χ1) is 10.3. The molecule has 0 saturated heterocycles. The predicted octanol–water partition coefficient (Wildman–Crippen LogP) is 4.66. The first-order valence-electron chi connectivity index (χ1n) is 6.21. The number of hydrogen-bond acceptors (Lipinski definition) is 2. The molecule has 0 saturated carbocycles. The second-order valence-electron chi connectivity index (χ2n) is 4.28. The molecule has 0 bridgehead atoms. The van der Waals surface area contributed by atoms with Gasteiger partial charge in [-0.2, -0.15) is 0 Å². The summed E-state index contributed by atoms with van der Waals surface area (Å²) < 4.78 is 1.84. The monoisotopic (exact) mass is 294 g/mol. The van der Waals surface area contributed by atoms with Crippen LogP contribution in [-0.2, 0) is 0 Å². The van der Waals surface area contributed by atoms with Crippen LogP contribution in [0.4, 0.5) is 0 Å². The van der Waals surface area contributed by atoms with Gasteiger partial charge in [0.15, 0.2) is 0 Å². The van der Waals surface area contributed by atoms with E-state index in [4.69, 9.17) is 5.53 Å². The normalized spacial score (nSPS) is 10.1. The molecule has 1 aromatic carbocycles. The van der Waals surface area contributed by atoms with E-state index < -0.39 is 5.91 Å². The average molecular weight is 294 g/mol. The van der Waals surface area contributed by atoms with E-state index in [1.54, 1.807) is 0 Å². The molecule has 6 heteroatoms. The Morgan fingerprint density at radius 2 is 1.86 bits per heavy atom. The third-order valence-electron chi connectivity index (χ3n) is 2.98. The number of carbonyl (C=O) groups is 1. The van der Waals surface area contributed by atoms with E-state index in [0.29, 0.717) is 4.88 Å². The topological polar surface area (TPSA) is 70.8 Å². The van der Waals surface area contributed by atoms with E-state index >= 15 is 0 Å².